The maximum atomic E-state index is 13.5. The standard InChI is InChI=1S/C36H45N5O14/c1-4-20(2)27(39-36(52)54-19-23-13-9-6-10-14-23)32(48)37-24(15-16-25(43)44)31(47)38-28(21(3)42)33(49)40-41(17-26(45)46)34(50)29-30(55-29)35(51)53-18-22-11-7-5-8-12-22/h5-14,20-21,24,27-30,42H,4,15-19H2,1-3H3,(H,37,48)(H,38,47)(H,39,52)(H,40,49)(H,43,44)(H,45,46)/t20-,21+,24-,27-,28-,29+,30+/m0/s1. The minimum atomic E-state index is -1.89. The molecule has 1 saturated heterocycles. The van der Waals surface area contributed by atoms with Gasteiger partial charge in [0.2, 0.25) is 11.8 Å². The molecule has 0 saturated carbocycles. The first-order valence-electron chi connectivity index (χ1n) is 17.3. The molecule has 0 aliphatic carbocycles. The summed E-state index contributed by atoms with van der Waals surface area (Å²) in [6.45, 7) is 3.13. The number of aliphatic hydroxyl groups is 1. The number of carboxylic acid groups (broad SMARTS) is 2. The van der Waals surface area contributed by atoms with E-state index >= 15 is 0 Å². The third kappa shape index (κ3) is 14.0. The van der Waals surface area contributed by atoms with E-state index in [1.54, 1.807) is 74.5 Å². The molecule has 55 heavy (non-hydrogen) atoms. The molecule has 1 fully saturated rings. The SMILES string of the molecule is CC[C@H](C)[C@H](NC(=O)OCc1ccccc1)C(=O)N[C@@H](CCC(=O)O)C(=O)N[C@H](C(=O)NN(CC(=O)O)C(=O)[C@@H]1O[C@H]1C(=O)OCc1ccccc1)[C@@H](C)O. The molecule has 0 aromatic heterocycles. The lowest BCUT2D eigenvalue weighted by Crippen LogP contribution is -2.62. The fourth-order valence-electron chi connectivity index (χ4n) is 5.01. The Labute approximate surface area is 315 Å². The van der Waals surface area contributed by atoms with Crippen LogP contribution in [0, 0.1) is 5.92 Å². The average molecular weight is 772 g/mol. The number of alkyl carbamates (subject to hydrolysis) is 1. The van der Waals surface area contributed by atoms with E-state index in [9.17, 15) is 53.7 Å². The van der Waals surface area contributed by atoms with Crippen LogP contribution in [0.25, 0.3) is 0 Å². The highest BCUT2D eigenvalue weighted by atomic mass is 16.6. The second kappa shape index (κ2) is 21.0. The lowest BCUT2D eigenvalue weighted by Gasteiger charge is -2.29. The number of carboxylic acids is 2. The molecule has 0 radical (unpaired) electrons. The van der Waals surface area contributed by atoms with Crippen molar-refractivity contribution >= 4 is 47.6 Å². The molecule has 0 spiro atoms. The lowest BCUT2D eigenvalue weighted by molar-refractivity contribution is -0.152. The Morgan fingerprint density at radius 1 is 0.745 bits per heavy atom. The van der Waals surface area contributed by atoms with Gasteiger partial charge in [-0.3, -0.25) is 34.2 Å². The van der Waals surface area contributed by atoms with Gasteiger partial charge in [0.1, 0.15) is 37.9 Å². The van der Waals surface area contributed by atoms with Gasteiger partial charge < -0.3 is 45.5 Å². The van der Waals surface area contributed by atoms with Crippen LogP contribution in [0.3, 0.4) is 0 Å². The highest BCUT2D eigenvalue weighted by Gasteiger charge is 2.54. The monoisotopic (exact) mass is 771 g/mol. The molecule has 3 rings (SSSR count). The normalized spacial score (nSPS) is 17.1. The summed E-state index contributed by atoms with van der Waals surface area (Å²) in [4.78, 5) is 101. The zero-order valence-electron chi connectivity index (χ0n) is 30.3. The number of esters is 1. The van der Waals surface area contributed by atoms with Crippen LogP contribution in [0.5, 0.6) is 0 Å². The number of rotatable bonds is 20. The zero-order chi connectivity index (χ0) is 40.7. The van der Waals surface area contributed by atoms with E-state index in [2.05, 4.69) is 16.0 Å². The molecule has 1 aliphatic heterocycles. The topological polar surface area (TPSA) is 280 Å². The average Bonchev–Trinajstić information content (AvgIpc) is 3.96. The molecule has 7 atom stereocenters. The van der Waals surface area contributed by atoms with Crippen LogP contribution < -0.4 is 21.4 Å². The number of nitrogens with zero attached hydrogens (tertiary/aromatic N) is 1. The van der Waals surface area contributed by atoms with Crippen LogP contribution in [-0.2, 0) is 61.0 Å². The number of aliphatic hydroxyl groups excluding tert-OH is 1. The number of amides is 5. The third-order valence-corrected chi connectivity index (χ3v) is 8.32. The van der Waals surface area contributed by atoms with Crippen LogP contribution in [0.2, 0.25) is 0 Å². The molecule has 0 bridgehead atoms. The molecule has 2 aromatic carbocycles. The number of ether oxygens (including phenoxy) is 3. The number of hydrogen-bond acceptors (Lipinski definition) is 12. The van der Waals surface area contributed by atoms with Crippen molar-refractivity contribution in [2.45, 2.75) is 89.7 Å². The molecule has 0 unspecified atom stereocenters. The summed E-state index contributed by atoms with van der Waals surface area (Å²) < 4.78 is 15.5. The Kier molecular flexibility index (Phi) is 16.5. The molecule has 298 valence electrons. The summed E-state index contributed by atoms with van der Waals surface area (Å²) in [5.74, 6) is -8.77. The number of hydrogen-bond donors (Lipinski definition) is 7. The van der Waals surface area contributed by atoms with Gasteiger partial charge in [0, 0.05) is 6.42 Å². The van der Waals surface area contributed by atoms with Gasteiger partial charge in [0.25, 0.3) is 11.8 Å². The van der Waals surface area contributed by atoms with Crippen LogP contribution in [0.15, 0.2) is 60.7 Å². The predicted molar refractivity (Wildman–Crippen MR) is 188 cm³/mol. The van der Waals surface area contributed by atoms with Crippen molar-refractivity contribution in [2.24, 2.45) is 5.92 Å². The Balaban J connectivity index is 1.68. The highest BCUT2D eigenvalue weighted by molar-refractivity contribution is 5.97. The molecule has 7 N–H and O–H groups in total. The first-order valence-corrected chi connectivity index (χ1v) is 17.3. The lowest BCUT2D eigenvalue weighted by atomic mass is 9.97. The van der Waals surface area contributed by atoms with Crippen molar-refractivity contribution in [1.82, 2.24) is 26.4 Å². The summed E-state index contributed by atoms with van der Waals surface area (Å²) in [7, 11) is 0. The largest absolute Gasteiger partial charge is 0.481 e. The summed E-state index contributed by atoms with van der Waals surface area (Å²) in [5, 5.41) is 36.5. The summed E-state index contributed by atoms with van der Waals surface area (Å²) >= 11 is 0. The van der Waals surface area contributed by atoms with Crippen LogP contribution in [0.1, 0.15) is 51.2 Å². The Morgan fingerprint density at radius 3 is 1.85 bits per heavy atom. The Morgan fingerprint density at radius 2 is 1.33 bits per heavy atom. The molecule has 5 amide bonds. The molecule has 19 nitrogen and oxygen atoms in total. The molecule has 1 aliphatic rings. The van der Waals surface area contributed by atoms with E-state index < -0.39 is 109 Å². The van der Waals surface area contributed by atoms with Crippen molar-refractivity contribution in [2.75, 3.05) is 6.54 Å². The number of carbonyl (C=O) groups is 8. The summed E-state index contributed by atoms with van der Waals surface area (Å²) in [5.41, 5.74) is 3.34. The van der Waals surface area contributed by atoms with Gasteiger partial charge in [-0.2, -0.15) is 0 Å². The van der Waals surface area contributed by atoms with Gasteiger partial charge in [-0.05, 0) is 30.4 Å². The molecule has 19 heteroatoms. The predicted octanol–water partition coefficient (Wildman–Crippen LogP) is -0.00210. The van der Waals surface area contributed by atoms with Gasteiger partial charge in [0.15, 0.2) is 12.2 Å². The van der Waals surface area contributed by atoms with Crippen molar-refractivity contribution in [3.63, 3.8) is 0 Å². The second-order valence-electron chi connectivity index (χ2n) is 12.7. The van der Waals surface area contributed by atoms with Crippen molar-refractivity contribution in [3.8, 4) is 0 Å². The van der Waals surface area contributed by atoms with E-state index in [-0.39, 0.29) is 13.2 Å². The van der Waals surface area contributed by atoms with Crippen LogP contribution in [0.4, 0.5) is 4.79 Å². The highest BCUT2D eigenvalue weighted by Crippen LogP contribution is 2.26. The molecule has 1 heterocycles. The summed E-state index contributed by atoms with van der Waals surface area (Å²) in [6, 6.07) is 12.6. The zero-order valence-corrected chi connectivity index (χ0v) is 30.3. The first-order chi connectivity index (χ1) is 26.1. The minimum Gasteiger partial charge on any atom is -0.481 e. The van der Waals surface area contributed by atoms with E-state index in [0.717, 1.165) is 6.92 Å². The Bertz CT molecular complexity index is 1680. The molecular weight excluding hydrogens is 726 g/mol. The van der Waals surface area contributed by atoms with Crippen LogP contribution in [-0.4, -0.2) is 111 Å². The van der Waals surface area contributed by atoms with Crippen molar-refractivity contribution < 1.29 is 67.9 Å². The third-order valence-electron chi connectivity index (χ3n) is 8.32. The van der Waals surface area contributed by atoms with Gasteiger partial charge in [-0.1, -0.05) is 80.9 Å². The van der Waals surface area contributed by atoms with E-state index in [0.29, 0.717) is 22.6 Å². The number of carbonyl (C=O) groups excluding carboxylic acids is 6. The molecule has 2 aromatic rings. The second-order valence-corrected chi connectivity index (χ2v) is 12.7. The van der Waals surface area contributed by atoms with Gasteiger partial charge in [-0.15, -0.1) is 0 Å². The molecular formula is C36H45N5O14. The Hall–Kier alpha value is -6.08. The smallest absolute Gasteiger partial charge is 0.408 e. The number of aliphatic carboxylic acids is 2. The summed E-state index contributed by atoms with van der Waals surface area (Å²) in [6.07, 6.45) is -6.25. The van der Waals surface area contributed by atoms with Crippen LogP contribution >= 0.6 is 0 Å². The van der Waals surface area contributed by atoms with Gasteiger partial charge in [0.05, 0.1) is 6.10 Å². The number of benzene rings is 2. The maximum Gasteiger partial charge on any atom is 0.408 e. The van der Waals surface area contributed by atoms with Gasteiger partial charge in [-0.25, -0.2) is 14.6 Å². The van der Waals surface area contributed by atoms with Crippen molar-refractivity contribution in [3.05, 3.63) is 71.8 Å². The maximum absolute atomic E-state index is 13.5. The van der Waals surface area contributed by atoms with E-state index in [1.807, 2.05) is 5.43 Å². The number of nitrogens with one attached hydrogen (secondary N) is 4. The first kappa shape index (κ1) is 43.3. The quantitative estimate of drug-likeness (QED) is 0.0530. The number of epoxide rings is 1. The van der Waals surface area contributed by atoms with Crippen molar-refractivity contribution in [1.29, 1.82) is 0 Å². The number of hydrazine groups is 1. The minimum absolute atomic E-state index is 0.0982. The fraction of sp³-hybridized carbons (Fsp3) is 0.444. The van der Waals surface area contributed by atoms with Gasteiger partial charge >= 0.3 is 24.0 Å². The van der Waals surface area contributed by atoms with E-state index in [4.69, 9.17) is 14.2 Å². The van der Waals surface area contributed by atoms with E-state index in [1.165, 1.54) is 0 Å². The fourth-order valence-corrected chi connectivity index (χ4v) is 5.01.